The van der Waals surface area contributed by atoms with Gasteiger partial charge in [0.15, 0.2) is 0 Å². The lowest BCUT2D eigenvalue weighted by Gasteiger charge is -2.72. The topological polar surface area (TPSA) is 17.1 Å². The molecule has 0 spiro atoms. The summed E-state index contributed by atoms with van der Waals surface area (Å²) in [6, 6.07) is 0. The summed E-state index contributed by atoms with van der Waals surface area (Å²) in [4.78, 5) is 12.8. The molecule has 0 radical (unpaired) electrons. The van der Waals surface area contributed by atoms with Crippen molar-refractivity contribution in [1.29, 1.82) is 0 Å². The average Bonchev–Trinajstić information content (AvgIpc) is 3.22. The second kappa shape index (κ2) is 11.0. The Hall–Kier alpha value is -0.590. The third-order valence-electron chi connectivity index (χ3n) is 12.5. The van der Waals surface area contributed by atoms with Gasteiger partial charge in [0.25, 0.3) is 0 Å². The van der Waals surface area contributed by atoms with Gasteiger partial charge in [0, 0.05) is 11.8 Å². The quantitative estimate of drug-likeness (QED) is 0.311. The number of rotatable bonds is 0. The van der Waals surface area contributed by atoms with Crippen LogP contribution in [0.25, 0.3) is 0 Å². The van der Waals surface area contributed by atoms with Gasteiger partial charge in [0.2, 0.25) is 0 Å². The molecule has 5 fully saturated rings. The van der Waals surface area contributed by atoms with Crippen LogP contribution in [0.5, 0.6) is 0 Å². The number of Topliss-reactive ketones (excluding diaryl/α,β-unsaturated/α-hetero) is 1. The molecule has 0 heterocycles. The molecule has 5 rings (SSSR count). The summed E-state index contributed by atoms with van der Waals surface area (Å²) in [7, 11) is 0. The number of ketones is 1. The summed E-state index contributed by atoms with van der Waals surface area (Å²) in [5, 5.41) is 0. The predicted molar refractivity (Wildman–Crippen MR) is 155 cm³/mol. The average molecular weight is 487 g/mol. The van der Waals surface area contributed by atoms with Crippen LogP contribution in [0.2, 0.25) is 0 Å². The van der Waals surface area contributed by atoms with Gasteiger partial charge < -0.3 is 0 Å². The van der Waals surface area contributed by atoms with E-state index in [1.165, 1.54) is 57.8 Å². The van der Waals surface area contributed by atoms with E-state index in [0.717, 1.165) is 30.6 Å². The molecule has 0 amide bonds. The number of carbonyl (C=O) groups is 1. The van der Waals surface area contributed by atoms with Crippen molar-refractivity contribution in [2.75, 3.05) is 0 Å². The van der Waals surface area contributed by atoms with Gasteiger partial charge in [0.05, 0.1) is 0 Å². The third-order valence-corrected chi connectivity index (χ3v) is 12.5. The molecule has 5 aliphatic rings. The normalized spacial score (nSPS) is 46.9. The Bertz CT molecular complexity index is 735. The zero-order chi connectivity index (χ0) is 26.9. The highest BCUT2D eigenvalue weighted by Gasteiger charge is 2.69. The molecular formula is C34H62O. The van der Waals surface area contributed by atoms with Crippen molar-refractivity contribution in [3.63, 3.8) is 0 Å². The highest BCUT2D eigenvalue weighted by atomic mass is 16.1. The fourth-order valence-electron chi connectivity index (χ4n) is 10.7. The van der Waals surface area contributed by atoms with E-state index in [9.17, 15) is 4.79 Å². The number of carbonyl (C=O) groups excluding carboxylic acids is 1. The SMILES string of the molecule is C=CC.CC.CC.CC12CCCC1C1CCC3C4(C)CCC(=O)C(C)(C)C4CCC3(C)[C@]1(C)CC2. The van der Waals surface area contributed by atoms with E-state index in [4.69, 9.17) is 0 Å². The third kappa shape index (κ3) is 4.52. The lowest BCUT2D eigenvalue weighted by atomic mass is 9.32. The van der Waals surface area contributed by atoms with Crippen LogP contribution in [-0.2, 0) is 4.79 Å². The number of allylic oxidation sites excluding steroid dienone is 1. The summed E-state index contributed by atoms with van der Waals surface area (Å²) in [6.45, 7) is 28.5. The van der Waals surface area contributed by atoms with Crippen LogP contribution in [0, 0.1) is 50.7 Å². The molecule has 0 saturated heterocycles. The number of hydrogen-bond acceptors (Lipinski definition) is 1. The zero-order valence-corrected chi connectivity index (χ0v) is 25.8. The van der Waals surface area contributed by atoms with Gasteiger partial charge in [0.1, 0.15) is 5.78 Å². The van der Waals surface area contributed by atoms with Crippen LogP contribution in [0.15, 0.2) is 12.7 Å². The second-order valence-electron chi connectivity index (χ2n) is 13.9. The molecule has 0 N–H and O–H groups in total. The molecule has 35 heavy (non-hydrogen) atoms. The first-order valence-corrected chi connectivity index (χ1v) is 15.5. The van der Waals surface area contributed by atoms with Gasteiger partial charge in [-0.15, -0.1) is 6.58 Å². The van der Waals surface area contributed by atoms with E-state index in [1.807, 2.05) is 34.6 Å². The highest BCUT2D eigenvalue weighted by molar-refractivity contribution is 5.85. The molecule has 204 valence electrons. The first kappa shape index (κ1) is 30.6. The van der Waals surface area contributed by atoms with Crippen molar-refractivity contribution in [2.24, 2.45) is 50.7 Å². The van der Waals surface area contributed by atoms with Gasteiger partial charge in [-0.25, -0.2) is 0 Å². The maximum Gasteiger partial charge on any atom is 0.138 e. The zero-order valence-electron chi connectivity index (χ0n) is 25.8. The molecular weight excluding hydrogens is 424 g/mol. The molecule has 0 aromatic carbocycles. The Balaban J connectivity index is 0.000000563. The first-order valence-electron chi connectivity index (χ1n) is 15.5. The van der Waals surface area contributed by atoms with Gasteiger partial charge >= 0.3 is 0 Å². The van der Waals surface area contributed by atoms with Crippen molar-refractivity contribution in [3.8, 4) is 0 Å². The molecule has 0 aromatic rings. The Labute approximate surface area is 220 Å². The lowest BCUT2D eigenvalue weighted by molar-refractivity contribution is -0.230. The fourth-order valence-corrected chi connectivity index (χ4v) is 10.7. The Morgan fingerprint density at radius 2 is 1.31 bits per heavy atom. The van der Waals surface area contributed by atoms with E-state index in [-0.39, 0.29) is 5.41 Å². The monoisotopic (exact) mass is 486 g/mol. The standard InChI is InChI=1S/C27H44O.C3H6.2C2H6/c1-23(2)20-11-15-27(6)21(25(20,4)14-12-22(23)28)10-9-19-18-8-7-13-24(18,3)16-17-26(19,27)5;1-3-2;2*1-2/h18-21H,7-17H2,1-6H3;3H,1H2,2H3;2*1-2H3/t18?,19?,20?,21?,24?,25?,26-,27?;;;/m1.../s1. The molecule has 5 saturated carbocycles. The largest absolute Gasteiger partial charge is 0.299 e. The molecule has 1 nitrogen and oxygen atoms in total. The molecule has 7 unspecified atom stereocenters. The molecule has 5 aliphatic carbocycles. The maximum absolute atomic E-state index is 12.8. The van der Waals surface area contributed by atoms with Gasteiger partial charge in [-0.3, -0.25) is 4.79 Å². The minimum Gasteiger partial charge on any atom is -0.299 e. The molecule has 0 aliphatic heterocycles. The minimum atomic E-state index is -0.108. The Morgan fingerprint density at radius 1 is 0.714 bits per heavy atom. The van der Waals surface area contributed by atoms with Gasteiger partial charge in [-0.2, -0.15) is 0 Å². The summed E-state index contributed by atoms with van der Waals surface area (Å²) >= 11 is 0. The predicted octanol–water partition coefficient (Wildman–Crippen LogP) is 10.7. The van der Waals surface area contributed by atoms with Crippen LogP contribution < -0.4 is 0 Å². The van der Waals surface area contributed by atoms with E-state index < -0.39 is 0 Å². The first-order chi connectivity index (χ1) is 16.4. The van der Waals surface area contributed by atoms with E-state index in [2.05, 4.69) is 48.1 Å². The van der Waals surface area contributed by atoms with Crippen molar-refractivity contribution in [2.45, 2.75) is 147 Å². The maximum atomic E-state index is 12.8. The summed E-state index contributed by atoms with van der Waals surface area (Å²) in [5.41, 5.74) is 1.90. The molecule has 1 heteroatoms. The lowest BCUT2D eigenvalue weighted by Crippen LogP contribution is -2.65. The summed E-state index contributed by atoms with van der Waals surface area (Å²) in [5.74, 6) is 3.89. The van der Waals surface area contributed by atoms with Crippen LogP contribution in [0.3, 0.4) is 0 Å². The van der Waals surface area contributed by atoms with E-state index in [0.29, 0.717) is 33.4 Å². The van der Waals surface area contributed by atoms with Crippen molar-refractivity contribution < 1.29 is 4.79 Å². The van der Waals surface area contributed by atoms with Gasteiger partial charge in [-0.1, -0.05) is 81.7 Å². The van der Waals surface area contributed by atoms with Crippen molar-refractivity contribution >= 4 is 5.78 Å². The van der Waals surface area contributed by atoms with Crippen molar-refractivity contribution in [3.05, 3.63) is 12.7 Å². The molecule has 0 aromatic heterocycles. The van der Waals surface area contributed by atoms with Gasteiger partial charge in [-0.05, 0) is 110 Å². The van der Waals surface area contributed by atoms with Crippen LogP contribution in [-0.4, -0.2) is 5.78 Å². The van der Waals surface area contributed by atoms with Crippen molar-refractivity contribution in [1.82, 2.24) is 0 Å². The Kier molecular flexibility index (Phi) is 9.65. The number of hydrogen-bond donors (Lipinski definition) is 0. The summed E-state index contributed by atoms with van der Waals surface area (Å²) < 4.78 is 0. The second-order valence-corrected chi connectivity index (χ2v) is 13.9. The Morgan fingerprint density at radius 3 is 1.91 bits per heavy atom. The fraction of sp³-hybridized carbons (Fsp3) is 0.912. The highest BCUT2D eigenvalue weighted by Crippen LogP contribution is 2.76. The molecule has 0 bridgehead atoms. The van der Waals surface area contributed by atoms with Crippen LogP contribution >= 0.6 is 0 Å². The minimum absolute atomic E-state index is 0.108. The van der Waals surface area contributed by atoms with Crippen LogP contribution in [0.1, 0.15) is 147 Å². The van der Waals surface area contributed by atoms with Crippen LogP contribution in [0.4, 0.5) is 0 Å². The van der Waals surface area contributed by atoms with E-state index in [1.54, 1.807) is 6.08 Å². The summed E-state index contributed by atoms with van der Waals surface area (Å²) in [6.07, 6.45) is 16.7. The van der Waals surface area contributed by atoms with E-state index >= 15 is 0 Å². The molecule has 8 atom stereocenters. The smallest absolute Gasteiger partial charge is 0.138 e. The number of fused-ring (bicyclic) bond motifs is 7.